The van der Waals surface area contributed by atoms with Gasteiger partial charge in [-0.3, -0.25) is 0 Å². The van der Waals surface area contributed by atoms with Crippen molar-refractivity contribution in [2.75, 3.05) is 6.61 Å². The Morgan fingerprint density at radius 3 is 2.00 bits per heavy atom. The molecule has 0 aliphatic carbocycles. The van der Waals surface area contributed by atoms with Gasteiger partial charge >= 0.3 is 5.97 Å². The van der Waals surface area contributed by atoms with Crippen molar-refractivity contribution >= 4 is 5.97 Å². The number of unbranched alkanes of at least 4 members (excludes halogenated alkanes) is 1. The standard InChI is InChI=1S/C28H32O3/c1-4-6-20-30-21(3)23-12-14-26(15-13-23)28(29)31-27-18-16-25(17-19-27)24-10-8-22(7-5-2)9-11-24/h8-19,21H,4-7,20H2,1-3H3. The number of aryl methyl sites for hydroxylation is 1. The van der Waals surface area contributed by atoms with Gasteiger partial charge in [-0.2, -0.15) is 0 Å². The van der Waals surface area contributed by atoms with Crippen LogP contribution < -0.4 is 4.74 Å². The zero-order valence-corrected chi connectivity index (χ0v) is 18.8. The largest absolute Gasteiger partial charge is 0.423 e. The predicted octanol–water partition coefficient (Wildman–Crippen LogP) is 7.40. The SMILES string of the molecule is CCCCOC(C)c1ccc(C(=O)Oc2ccc(-c3ccc(CCC)cc3)cc2)cc1. The van der Waals surface area contributed by atoms with Crippen LogP contribution in [0.1, 0.15) is 67.6 Å². The monoisotopic (exact) mass is 416 g/mol. The van der Waals surface area contributed by atoms with E-state index in [1.807, 2.05) is 43.3 Å². The molecule has 0 N–H and O–H groups in total. The maximum Gasteiger partial charge on any atom is 0.343 e. The van der Waals surface area contributed by atoms with E-state index in [-0.39, 0.29) is 12.1 Å². The Balaban J connectivity index is 1.59. The number of carbonyl (C=O) groups excluding carboxylic acids is 1. The molecule has 0 saturated heterocycles. The van der Waals surface area contributed by atoms with Crippen molar-refractivity contribution in [3.63, 3.8) is 0 Å². The summed E-state index contributed by atoms with van der Waals surface area (Å²) in [5, 5.41) is 0. The van der Waals surface area contributed by atoms with E-state index in [2.05, 4.69) is 38.1 Å². The van der Waals surface area contributed by atoms with E-state index in [1.54, 1.807) is 12.1 Å². The van der Waals surface area contributed by atoms with Crippen LogP contribution in [0.15, 0.2) is 72.8 Å². The van der Waals surface area contributed by atoms with Gasteiger partial charge in [0.25, 0.3) is 0 Å². The summed E-state index contributed by atoms with van der Waals surface area (Å²) in [6.07, 6.45) is 4.43. The summed E-state index contributed by atoms with van der Waals surface area (Å²) in [4.78, 5) is 12.5. The third-order valence-corrected chi connectivity index (χ3v) is 5.37. The summed E-state index contributed by atoms with van der Waals surface area (Å²) in [7, 11) is 0. The number of benzene rings is 3. The Morgan fingerprint density at radius 2 is 1.42 bits per heavy atom. The molecule has 0 amide bonds. The van der Waals surface area contributed by atoms with Crippen LogP contribution in [-0.2, 0) is 11.2 Å². The molecule has 1 atom stereocenters. The van der Waals surface area contributed by atoms with Crippen molar-refractivity contribution in [3.05, 3.63) is 89.5 Å². The molecular formula is C28H32O3. The molecule has 31 heavy (non-hydrogen) atoms. The lowest BCUT2D eigenvalue weighted by Crippen LogP contribution is -2.09. The average molecular weight is 417 g/mol. The fourth-order valence-corrected chi connectivity index (χ4v) is 3.42. The highest BCUT2D eigenvalue weighted by Crippen LogP contribution is 2.24. The van der Waals surface area contributed by atoms with Crippen LogP contribution in [0.3, 0.4) is 0 Å². The summed E-state index contributed by atoms with van der Waals surface area (Å²) >= 11 is 0. The smallest absolute Gasteiger partial charge is 0.343 e. The quantitative estimate of drug-likeness (QED) is 0.196. The first kappa shape index (κ1) is 22.8. The highest BCUT2D eigenvalue weighted by molar-refractivity contribution is 5.91. The number of carbonyl (C=O) groups is 1. The Labute approximate surface area is 186 Å². The summed E-state index contributed by atoms with van der Waals surface area (Å²) in [5.41, 5.74) is 5.19. The summed E-state index contributed by atoms with van der Waals surface area (Å²) in [5.74, 6) is 0.180. The van der Waals surface area contributed by atoms with E-state index in [9.17, 15) is 4.79 Å². The van der Waals surface area contributed by atoms with Crippen LogP contribution in [-0.4, -0.2) is 12.6 Å². The molecule has 0 aliphatic heterocycles. The predicted molar refractivity (Wildman–Crippen MR) is 127 cm³/mol. The summed E-state index contributed by atoms with van der Waals surface area (Å²) < 4.78 is 11.4. The van der Waals surface area contributed by atoms with Crippen molar-refractivity contribution in [2.45, 2.75) is 52.6 Å². The maximum absolute atomic E-state index is 12.5. The van der Waals surface area contributed by atoms with E-state index in [4.69, 9.17) is 9.47 Å². The van der Waals surface area contributed by atoms with Gasteiger partial charge in [-0.05, 0) is 66.3 Å². The molecule has 3 rings (SSSR count). The topological polar surface area (TPSA) is 35.5 Å². The number of esters is 1. The molecular weight excluding hydrogens is 384 g/mol. The minimum Gasteiger partial charge on any atom is -0.423 e. The lowest BCUT2D eigenvalue weighted by Gasteiger charge is -2.13. The summed E-state index contributed by atoms with van der Waals surface area (Å²) in [6.45, 7) is 7.11. The van der Waals surface area contributed by atoms with E-state index in [0.29, 0.717) is 11.3 Å². The van der Waals surface area contributed by atoms with E-state index < -0.39 is 0 Å². The Bertz CT molecular complexity index is 941. The fraction of sp³-hybridized carbons (Fsp3) is 0.321. The highest BCUT2D eigenvalue weighted by Gasteiger charge is 2.11. The van der Waals surface area contributed by atoms with Crippen molar-refractivity contribution in [2.24, 2.45) is 0 Å². The third-order valence-electron chi connectivity index (χ3n) is 5.37. The minimum absolute atomic E-state index is 0.0141. The molecule has 162 valence electrons. The number of rotatable bonds is 10. The molecule has 0 aromatic heterocycles. The molecule has 3 aromatic rings. The van der Waals surface area contributed by atoms with Gasteiger partial charge in [0.05, 0.1) is 11.7 Å². The van der Waals surface area contributed by atoms with Crippen LogP contribution in [0.5, 0.6) is 5.75 Å². The Hall–Kier alpha value is -2.91. The number of hydrogen-bond acceptors (Lipinski definition) is 3. The Kier molecular flexibility index (Phi) is 8.43. The fourth-order valence-electron chi connectivity index (χ4n) is 3.42. The molecule has 0 heterocycles. The van der Waals surface area contributed by atoms with Gasteiger partial charge in [0.1, 0.15) is 5.75 Å². The highest BCUT2D eigenvalue weighted by atomic mass is 16.5. The van der Waals surface area contributed by atoms with E-state index >= 15 is 0 Å². The molecule has 0 spiro atoms. The average Bonchev–Trinajstić information content (AvgIpc) is 2.80. The molecule has 3 heteroatoms. The number of hydrogen-bond donors (Lipinski definition) is 0. The van der Waals surface area contributed by atoms with Gasteiger partial charge in [-0.15, -0.1) is 0 Å². The van der Waals surface area contributed by atoms with Gasteiger partial charge < -0.3 is 9.47 Å². The Morgan fingerprint density at radius 1 is 0.806 bits per heavy atom. The minimum atomic E-state index is -0.359. The summed E-state index contributed by atoms with van der Waals surface area (Å²) in [6, 6.07) is 23.7. The normalized spacial score (nSPS) is 11.8. The van der Waals surface area contributed by atoms with Crippen molar-refractivity contribution in [1.82, 2.24) is 0 Å². The molecule has 0 radical (unpaired) electrons. The first-order valence-corrected chi connectivity index (χ1v) is 11.2. The van der Waals surface area contributed by atoms with Crippen LogP contribution in [0.25, 0.3) is 11.1 Å². The molecule has 1 unspecified atom stereocenters. The van der Waals surface area contributed by atoms with Crippen molar-refractivity contribution in [3.8, 4) is 16.9 Å². The van der Waals surface area contributed by atoms with Crippen LogP contribution in [0.4, 0.5) is 0 Å². The van der Waals surface area contributed by atoms with Crippen molar-refractivity contribution < 1.29 is 14.3 Å². The zero-order chi connectivity index (χ0) is 22.1. The van der Waals surface area contributed by atoms with Gasteiger partial charge in [0.2, 0.25) is 0 Å². The van der Waals surface area contributed by atoms with Crippen LogP contribution >= 0.6 is 0 Å². The first-order valence-electron chi connectivity index (χ1n) is 11.2. The zero-order valence-electron chi connectivity index (χ0n) is 18.8. The number of ether oxygens (including phenoxy) is 2. The second kappa shape index (κ2) is 11.5. The van der Waals surface area contributed by atoms with E-state index in [0.717, 1.165) is 49.0 Å². The van der Waals surface area contributed by atoms with Gasteiger partial charge in [-0.25, -0.2) is 4.79 Å². The van der Waals surface area contributed by atoms with Crippen molar-refractivity contribution in [1.29, 1.82) is 0 Å². The lowest BCUT2D eigenvalue weighted by atomic mass is 10.0. The first-order chi connectivity index (χ1) is 15.1. The van der Waals surface area contributed by atoms with Gasteiger partial charge in [-0.1, -0.05) is 75.2 Å². The van der Waals surface area contributed by atoms with Crippen LogP contribution in [0, 0.1) is 0 Å². The van der Waals surface area contributed by atoms with Gasteiger partial charge in [0, 0.05) is 6.61 Å². The second-order valence-electron chi connectivity index (χ2n) is 7.85. The molecule has 3 aromatic carbocycles. The maximum atomic E-state index is 12.5. The molecule has 0 fully saturated rings. The third kappa shape index (κ3) is 6.53. The second-order valence-corrected chi connectivity index (χ2v) is 7.85. The molecule has 0 aliphatic rings. The van der Waals surface area contributed by atoms with Crippen LogP contribution in [0.2, 0.25) is 0 Å². The van der Waals surface area contributed by atoms with E-state index in [1.165, 1.54) is 5.56 Å². The molecule has 0 bridgehead atoms. The van der Waals surface area contributed by atoms with Gasteiger partial charge in [0.15, 0.2) is 0 Å². The lowest BCUT2D eigenvalue weighted by molar-refractivity contribution is 0.0635. The molecule has 0 saturated carbocycles. The molecule has 3 nitrogen and oxygen atoms in total.